The summed E-state index contributed by atoms with van der Waals surface area (Å²) in [6.07, 6.45) is 1.40. The molecule has 1 atom stereocenters. The van der Waals surface area contributed by atoms with Crippen LogP contribution < -0.4 is 5.73 Å². The van der Waals surface area contributed by atoms with Crippen LogP contribution in [-0.4, -0.2) is 29.8 Å². The van der Waals surface area contributed by atoms with E-state index in [2.05, 4.69) is 15.9 Å². The second-order valence-corrected chi connectivity index (χ2v) is 5.82. The van der Waals surface area contributed by atoms with Gasteiger partial charge in [-0.3, -0.25) is 9.59 Å². The highest BCUT2D eigenvalue weighted by Crippen LogP contribution is 2.21. The molecule has 0 radical (unpaired) electrons. The van der Waals surface area contributed by atoms with E-state index in [1.165, 1.54) is 12.1 Å². The van der Waals surface area contributed by atoms with Crippen LogP contribution in [-0.2, 0) is 16.0 Å². The molecule has 0 spiro atoms. The van der Waals surface area contributed by atoms with E-state index in [1.54, 1.807) is 11.0 Å². The average Bonchev–Trinajstić information content (AvgIpc) is 2.89. The summed E-state index contributed by atoms with van der Waals surface area (Å²) in [5, 5.41) is 0. The number of hydrogen-bond donors (Lipinski definition) is 1. The van der Waals surface area contributed by atoms with Gasteiger partial charge in [-0.25, -0.2) is 4.39 Å². The van der Waals surface area contributed by atoms with Gasteiger partial charge in [-0.1, -0.05) is 15.9 Å². The van der Waals surface area contributed by atoms with E-state index in [0.29, 0.717) is 32.4 Å². The summed E-state index contributed by atoms with van der Waals surface area (Å²) >= 11 is 3.34. The Balaban J connectivity index is 1.90. The molecule has 0 saturated carbocycles. The van der Waals surface area contributed by atoms with Gasteiger partial charge in [0.25, 0.3) is 0 Å². The minimum Gasteiger partial charge on any atom is -0.369 e. The lowest BCUT2D eigenvalue weighted by Crippen LogP contribution is -2.31. The summed E-state index contributed by atoms with van der Waals surface area (Å²) in [7, 11) is 0. The number of halogens is 2. The fourth-order valence-electron chi connectivity index (χ4n) is 2.35. The van der Waals surface area contributed by atoms with E-state index in [9.17, 15) is 14.0 Å². The Kier molecular flexibility index (Phi) is 4.75. The Bertz CT molecular complexity index is 536. The van der Waals surface area contributed by atoms with Crippen LogP contribution >= 0.6 is 15.9 Å². The first-order valence-electron chi connectivity index (χ1n) is 6.48. The minimum absolute atomic E-state index is 0.0232. The summed E-state index contributed by atoms with van der Waals surface area (Å²) in [5.74, 6) is -0.927. The number of nitrogens with zero attached hydrogens (tertiary/aromatic N) is 1. The molecule has 0 aromatic heterocycles. The highest BCUT2D eigenvalue weighted by molar-refractivity contribution is 9.10. The van der Waals surface area contributed by atoms with E-state index in [-0.39, 0.29) is 23.5 Å². The van der Waals surface area contributed by atoms with Gasteiger partial charge < -0.3 is 10.6 Å². The molecule has 20 heavy (non-hydrogen) atoms. The molecule has 0 aliphatic carbocycles. The highest BCUT2D eigenvalue weighted by Gasteiger charge is 2.29. The maximum Gasteiger partial charge on any atom is 0.222 e. The quantitative estimate of drug-likeness (QED) is 0.907. The molecule has 2 N–H and O–H groups in total. The summed E-state index contributed by atoms with van der Waals surface area (Å²) in [5.41, 5.74) is 6.00. The summed E-state index contributed by atoms with van der Waals surface area (Å²) in [4.78, 5) is 24.8. The Morgan fingerprint density at radius 3 is 2.85 bits per heavy atom. The van der Waals surface area contributed by atoms with E-state index in [0.717, 1.165) is 10.0 Å². The van der Waals surface area contributed by atoms with Gasteiger partial charge in [0.2, 0.25) is 11.8 Å². The van der Waals surface area contributed by atoms with Crippen molar-refractivity contribution < 1.29 is 14.0 Å². The fraction of sp³-hybridized carbons (Fsp3) is 0.429. The fourth-order valence-corrected chi connectivity index (χ4v) is 2.80. The second kappa shape index (κ2) is 6.35. The largest absolute Gasteiger partial charge is 0.369 e. The van der Waals surface area contributed by atoms with Crippen LogP contribution in [0.15, 0.2) is 22.7 Å². The number of nitrogens with two attached hydrogens (primary N) is 1. The van der Waals surface area contributed by atoms with Crippen molar-refractivity contribution in [2.24, 2.45) is 11.7 Å². The van der Waals surface area contributed by atoms with E-state index in [1.807, 2.05) is 0 Å². The second-order valence-electron chi connectivity index (χ2n) is 4.96. The number of likely N-dealkylation sites (tertiary alicyclic amines) is 1. The molecule has 0 unspecified atom stereocenters. The van der Waals surface area contributed by atoms with Crippen LogP contribution in [0.5, 0.6) is 0 Å². The maximum atomic E-state index is 13.1. The van der Waals surface area contributed by atoms with Crippen LogP contribution in [0.3, 0.4) is 0 Å². The number of benzene rings is 1. The van der Waals surface area contributed by atoms with Crippen molar-refractivity contribution >= 4 is 27.7 Å². The molecule has 0 bridgehead atoms. The Labute approximate surface area is 125 Å². The first kappa shape index (κ1) is 15.0. The lowest BCUT2D eigenvalue weighted by atomic mass is 10.1. The van der Waals surface area contributed by atoms with Crippen molar-refractivity contribution in [2.45, 2.75) is 19.3 Å². The van der Waals surface area contributed by atoms with Gasteiger partial charge in [0.05, 0.1) is 5.92 Å². The van der Waals surface area contributed by atoms with Crippen LogP contribution in [0.2, 0.25) is 0 Å². The van der Waals surface area contributed by atoms with Crippen molar-refractivity contribution in [1.29, 1.82) is 0 Å². The molecule has 1 aromatic rings. The van der Waals surface area contributed by atoms with Crippen molar-refractivity contribution in [3.8, 4) is 0 Å². The lowest BCUT2D eigenvalue weighted by Gasteiger charge is -2.16. The third-order valence-corrected chi connectivity index (χ3v) is 4.33. The number of amides is 2. The Hall–Kier alpha value is -1.43. The normalized spacial score (nSPS) is 18.3. The van der Waals surface area contributed by atoms with Crippen LogP contribution in [0.4, 0.5) is 4.39 Å². The number of hydrogen-bond acceptors (Lipinski definition) is 2. The Morgan fingerprint density at radius 1 is 1.45 bits per heavy atom. The van der Waals surface area contributed by atoms with Gasteiger partial charge in [-0.15, -0.1) is 0 Å². The molecule has 108 valence electrons. The zero-order chi connectivity index (χ0) is 14.7. The smallest absolute Gasteiger partial charge is 0.222 e. The molecule has 6 heteroatoms. The molecule has 1 aromatic carbocycles. The van der Waals surface area contributed by atoms with Crippen LogP contribution in [0.25, 0.3) is 0 Å². The molecule has 2 amide bonds. The topological polar surface area (TPSA) is 63.4 Å². The van der Waals surface area contributed by atoms with Gasteiger partial charge in [0, 0.05) is 24.0 Å². The zero-order valence-electron chi connectivity index (χ0n) is 10.9. The molecular formula is C14H16BrFN2O2. The van der Waals surface area contributed by atoms with Gasteiger partial charge in [-0.2, -0.15) is 0 Å². The first-order chi connectivity index (χ1) is 9.47. The number of carbonyl (C=O) groups excluding carboxylic acids is 2. The summed E-state index contributed by atoms with van der Waals surface area (Å²) in [6, 6.07) is 4.43. The minimum atomic E-state index is -0.354. The molecule has 2 rings (SSSR count). The summed E-state index contributed by atoms with van der Waals surface area (Å²) in [6.45, 7) is 0.968. The van der Waals surface area contributed by atoms with Crippen molar-refractivity contribution in [2.75, 3.05) is 13.1 Å². The predicted molar refractivity (Wildman–Crippen MR) is 76.3 cm³/mol. The molecule has 4 nitrogen and oxygen atoms in total. The van der Waals surface area contributed by atoms with E-state index < -0.39 is 0 Å². The van der Waals surface area contributed by atoms with Crippen LogP contribution in [0, 0.1) is 11.7 Å². The molecule has 1 aliphatic rings. The van der Waals surface area contributed by atoms with Gasteiger partial charge in [0.15, 0.2) is 0 Å². The third kappa shape index (κ3) is 3.56. The van der Waals surface area contributed by atoms with E-state index in [4.69, 9.17) is 5.73 Å². The zero-order valence-corrected chi connectivity index (χ0v) is 12.5. The lowest BCUT2D eigenvalue weighted by molar-refractivity contribution is -0.130. The SMILES string of the molecule is NC(=O)[C@H]1CCN(C(=O)CCc2cc(F)ccc2Br)C1. The number of rotatable bonds is 4. The van der Waals surface area contributed by atoms with Gasteiger partial charge in [-0.05, 0) is 36.6 Å². The average molecular weight is 343 g/mol. The van der Waals surface area contributed by atoms with Gasteiger partial charge in [0.1, 0.15) is 5.82 Å². The molecule has 1 aliphatic heterocycles. The van der Waals surface area contributed by atoms with E-state index >= 15 is 0 Å². The summed E-state index contributed by atoms with van der Waals surface area (Å²) < 4.78 is 13.9. The highest BCUT2D eigenvalue weighted by atomic mass is 79.9. The monoisotopic (exact) mass is 342 g/mol. The molecule has 1 saturated heterocycles. The number of aryl methyl sites for hydroxylation is 1. The van der Waals surface area contributed by atoms with Crippen LogP contribution in [0.1, 0.15) is 18.4 Å². The molecule has 1 heterocycles. The third-order valence-electron chi connectivity index (χ3n) is 3.56. The standard InChI is InChI=1S/C14H16BrFN2O2/c15-12-3-2-11(16)7-9(12)1-4-13(19)18-6-5-10(8-18)14(17)20/h2-3,7,10H,1,4-6,8H2,(H2,17,20)/t10-/m0/s1. The molecule has 1 fully saturated rings. The number of carbonyl (C=O) groups is 2. The Morgan fingerprint density at radius 2 is 2.20 bits per heavy atom. The molecular weight excluding hydrogens is 327 g/mol. The maximum absolute atomic E-state index is 13.1. The first-order valence-corrected chi connectivity index (χ1v) is 7.27. The van der Waals surface area contributed by atoms with Crippen molar-refractivity contribution in [3.05, 3.63) is 34.1 Å². The van der Waals surface area contributed by atoms with Crippen molar-refractivity contribution in [1.82, 2.24) is 4.90 Å². The predicted octanol–water partition coefficient (Wildman–Crippen LogP) is 1.85. The van der Waals surface area contributed by atoms with Crippen molar-refractivity contribution in [3.63, 3.8) is 0 Å². The van der Waals surface area contributed by atoms with Gasteiger partial charge >= 0.3 is 0 Å². The number of primary amides is 1.